The van der Waals surface area contributed by atoms with Gasteiger partial charge in [0.05, 0.1) is 17.3 Å². The minimum Gasteiger partial charge on any atom is -0.478 e. The van der Waals surface area contributed by atoms with E-state index in [0.29, 0.717) is 11.5 Å². The number of carboxylic acid groups (broad SMARTS) is 1. The summed E-state index contributed by atoms with van der Waals surface area (Å²) in [5, 5.41) is 16.3. The lowest BCUT2D eigenvalue weighted by atomic mass is 10.00. The SMILES string of the molecule is CCC(=O)Nc1ccc(N2C(=S)N[C@@H](c3ccccn3)[C@@H]2c2cccn2-c2ccc(C(=O)O)cc2)cc1C. The molecule has 9 heteroatoms. The van der Waals surface area contributed by atoms with Crippen LogP contribution < -0.4 is 15.5 Å². The average molecular weight is 526 g/mol. The Morgan fingerprint density at radius 3 is 2.47 bits per heavy atom. The number of hydrogen-bond acceptors (Lipinski definition) is 4. The second-order valence-corrected chi connectivity index (χ2v) is 9.44. The molecule has 3 N–H and O–H groups in total. The summed E-state index contributed by atoms with van der Waals surface area (Å²) < 4.78 is 2.04. The highest BCUT2D eigenvalue weighted by Gasteiger charge is 2.42. The molecule has 8 nitrogen and oxygen atoms in total. The molecule has 2 aromatic carbocycles. The molecule has 38 heavy (non-hydrogen) atoms. The fraction of sp³-hybridized carbons (Fsp3) is 0.172. The largest absolute Gasteiger partial charge is 0.478 e. The van der Waals surface area contributed by atoms with Crippen LogP contribution in [-0.2, 0) is 4.79 Å². The third-order valence-corrected chi connectivity index (χ3v) is 6.97. The Bertz CT molecular complexity index is 1500. The monoisotopic (exact) mass is 525 g/mol. The molecular weight excluding hydrogens is 498 g/mol. The summed E-state index contributed by atoms with van der Waals surface area (Å²) in [6, 6.07) is 22.0. The number of hydrogen-bond donors (Lipinski definition) is 3. The van der Waals surface area contributed by atoms with Gasteiger partial charge in [-0.2, -0.15) is 0 Å². The first-order valence-electron chi connectivity index (χ1n) is 12.3. The number of aromatic nitrogens is 2. The van der Waals surface area contributed by atoms with E-state index in [2.05, 4.69) is 20.5 Å². The Morgan fingerprint density at radius 2 is 1.82 bits per heavy atom. The molecule has 0 spiro atoms. The van der Waals surface area contributed by atoms with Gasteiger partial charge in [0.15, 0.2) is 5.11 Å². The molecule has 0 saturated carbocycles. The first-order valence-corrected chi connectivity index (χ1v) is 12.7. The average Bonchev–Trinajstić information content (AvgIpc) is 3.54. The summed E-state index contributed by atoms with van der Waals surface area (Å²) in [7, 11) is 0. The minimum atomic E-state index is -0.968. The van der Waals surface area contributed by atoms with Crippen LogP contribution in [0.3, 0.4) is 0 Å². The van der Waals surface area contributed by atoms with E-state index in [1.165, 1.54) is 0 Å². The van der Waals surface area contributed by atoms with Crippen molar-refractivity contribution in [2.45, 2.75) is 32.4 Å². The van der Waals surface area contributed by atoms with Crippen LogP contribution in [0, 0.1) is 6.92 Å². The van der Waals surface area contributed by atoms with Crippen LogP contribution in [0.15, 0.2) is 85.2 Å². The minimum absolute atomic E-state index is 0.0425. The molecule has 3 heterocycles. The second-order valence-electron chi connectivity index (χ2n) is 9.05. The predicted octanol–water partition coefficient (Wildman–Crippen LogP) is 5.40. The summed E-state index contributed by atoms with van der Waals surface area (Å²) in [6.45, 7) is 3.78. The second kappa shape index (κ2) is 10.5. The summed E-state index contributed by atoms with van der Waals surface area (Å²) in [4.78, 5) is 30.0. The Labute approximate surface area is 225 Å². The number of nitrogens with one attached hydrogen (secondary N) is 2. The van der Waals surface area contributed by atoms with Gasteiger partial charge in [0.25, 0.3) is 0 Å². The molecule has 0 radical (unpaired) electrons. The molecule has 192 valence electrons. The van der Waals surface area contributed by atoms with Crippen molar-refractivity contribution in [1.29, 1.82) is 0 Å². The number of benzene rings is 2. The summed E-state index contributed by atoms with van der Waals surface area (Å²) in [6.07, 6.45) is 4.12. The van der Waals surface area contributed by atoms with Gasteiger partial charge >= 0.3 is 5.97 Å². The van der Waals surface area contributed by atoms with Crippen molar-refractivity contribution in [3.63, 3.8) is 0 Å². The van der Waals surface area contributed by atoms with Gasteiger partial charge in [0.2, 0.25) is 5.91 Å². The van der Waals surface area contributed by atoms with E-state index >= 15 is 0 Å². The van der Waals surface area contributed by atoms with Gasteiger partial charge < -0.3 is 25.2 Å². The zero-order valence-electron chi connectivity index (χ0n) is 21.0. The van der Waals surface area contributed by atoms with Crippen molar-refractivity contribution in [2.75, 3.05) is 10.2 Å². The van der Waals surface area contributed by atoms with E-state index in [1.807, 2.05) is 73.1 Å². The highest BCUT2D eigenvalue weighted by atomic mass is 32.1. The van der Waals surface area contributed by atoms with Crippen molar-refractivity contribution < 1.29 is 14.7 Å². The normalized spacial score (nSPS) is 16.8. The number of aryl methyl sites for hydroxylation is 1. The van der Waals surface area contributed by atoms with E-state index in [1.54, 1.807) is 30.5 Å². The maximum Gasteiger partial charge on any atom is 0.335 e. The molecule has 1 aliphatic rings. The first-order chi connectivity index (χ1) is 18.4. The fourth-order valence-electron chi connectivity index (χ4n) is 4.74. The number of pyridine rings is 1. The van der Waals surface area contributed by atoms with Gasteiger partial charge in [0.1, 0.15) is 6.04 Å². The standard InChI is InChI=1S/C29H27N5O3S/c1-3-25(35)31-22-14-13-21(17-18(22)2)34-27(26(32-29(34)38)23-7-4-5-15-30-23)24-8-6-16-33(24)20-11-9-19(10-12-20)28(36)37/h4-17,26-27H,3H2,1-2H3,(H,31,35)(H,32,38)(H,36,37)/t26-,27-/m0/s1. The molecule has 2 aromatic heterocycles. The maximum atomic E-state index is 12.0. The van der Waals surface area contributed by atoms with E-state index < -0.39 is 5.97 Å². The quantitative estimate of drug-likeness (QED) is 0.278. The number of nitrogens with zero attached hydrogens (tertiary/aromatic N) is 3. The Morgan fingerprint density at radius 1 is 1.05 bits per heavy atom. The lowest BCUT2D eigenvalue weighted by molar-refractivity contribution is -0.115. The molecule has 1 amide bonds. The molecule has 4 aromatic rings. The topological polar surface area (TPSA) is 99.5 Å². The Kier molecular flexibility index (Phi) is 6.93. The van der Waals surface area contributed by atoms with Gasteiger partial charge in [-0.15, -0.1) is 0 Å². The first kappa shape index (κ1) is 25.2. The van der Waals surface area contributed by atoms with Crippen LogP contribution in [0.4, 0.5) is 11.4 Å². The Balaban J connectivity index is 1.60. The summed E-state index contributed by atoms with van der Waals surface area (Å²) in [5.41, 5.74) is 5.43. The van der Waals surface area contributed by atoms with Crippen LogP contribution in [0.1, 0.15) is 52.7 Å². The van der Waals surface area contributed by atoms with Gasteiger partial charge in [-0.05, 0) is 91.4 Å². The van der Waals surface area contributed by atoms with Gasteiger partial charge in [0, 0.05) is 41.6 Å². The molecule has 2 atom stereocenters. The zero-order valence-corrected chi connectivity index (χ0v) is 21.8. The number of carbonyl (C=O) groups is 2. The molecule has 1 fully saturated rings. The van der Waals surface area contributed by atoms with Crippen LogP contribution in [0.2, 0.25) is 0 Å². The third-order valence-electron chi connectivity index (χ3n) is 6.66. The number of anilines is 2. The molecule has 0 unspecified atom stereocenters. The fourth-order valence-corrected chi connectivity index (χ4v) is 5.09. The molecule has 0 aliphatic carbocycles. The molecular formula is C29H27N5O3S. The van der Waals surface area contributed by atoms with Crippen molar-refractivity contribution >= 4 is 40.6 Å². The summed E-state index contributed by atoms with van der Waals surface area (Å²) >= 11 is 5.86. The van der Waals surface area contributed by atoms with Crippen molar-refractivity contribution in [1.82, 2.24) is 14.9 Å². The van der Waals surface area contributed by atoms with Crippen LogP contribution in [0.25, 0.3) is 5.69 Å². The smallest absolute Gasteiger partial charge is 0.335 e. The maximum absolute atomic E-state index is 12.0. The number of carboxylic acids is 1. The highest BCUT2D eigenvalue weighted by molar-refractivity contribution is 7.80. The lowest BCUT2D eigenvalue weighted by Gasteiger charge is -2.29. The molecule has 1 saturated heterocycles. The van der Waals surface area contributed by atoms with Crippen LogP contribution in [0.5, 0.6) is 0 Å². The summed E-state index contributed by atoms with van der Waals surface area (Å²) in [5.74, 6) is -1.01. The zero-order chi connectivity index (χ0) is 26.8. The van der Waals surface area contributed by atoms with Crippen molar-refractivity contribution in [2.24, 2.45) is 0 Å². The third kappa shape index (κ3) is 4.76. The predicted molar refractivity (Wildman–Crippen MR) is 151 cm³/mol. The lowest BCUT2D eigenvalue weighted by Crippen LogP contribution is -2.30. The van der Waals surface area contributed by atoms with Gasteiger partial charge in [-0.3, -0.25) is 9.78 Å². The van der Waals surface area contributed by atoms with E-state index in [9.17, 15) is 14.7 Å². The van der Waals surface area contributed by atoms with Crippen molar-refractivity contribution in [3.8, 4) is 5.69 Å². The van der Waals surface area contributed by atoms with Gasteiger partial charge in [-0.25, -0.2) is 4.79 Å². The van der Waals surface area contributed by atoms with Crippen LogP contribution in [-0.4, -0.2) is 31.6 Å². The van der Waals surface area contributed by atoms with Crippen molar-refractivity contribution in [3.05, 3.63) is 108 Å². The number of aromatic carboxylic acids is 1. The van der Waals surface area contributed by atoms with Gasteiger partial charge in [-0.1, -0.05) is 13.0 Å². The molecule has 1 aliphatic heterocycles. The molecule has 5 rings (SSSR count). The number of rotatable bonds is 7. The van der Waals surface area contributed by atoms with E-state index in [4.69, 9.17) is 12.2 Å². The van der Waals surface area contributed by atoms with E-state index in [0.717, 1.165) is 34.0 Å². The number of carbonyl (C=O) groups excluding carboxylic acids is 1. The van der Waals surface area contributed by atoms with Crippen LogP contribution >= 0.6 is 12.2 Å². The Hall–Kier alpha value is -4.50. The number of thiocarbonyl (C=S) groups is 1. The number of amides is 1. The highest BCUT2D eigenvalue weighted by Crippen LogP contribution is 2.42. The van der Waals surface area contributed by atoms with E-state index in [-0.39, 0.29) is 23.6 Å². The molecule has 0 bridgehead atoms.